The van der Waals surface area contributed by atoms with E-state index >= 15 is 0 Å². The first-order chi connectivity index (χ1) is 13.5. The number of carbonyl (C=O) groups is 2. The van der Waals surface area contributed by atoms with Crippen LogP contribution in [0.4, 0.5) is 16.5 Å². The number of thiazole rings is 1. The summed E-state index contributed by atoms with van der Waals surface area (Å²) in [5.74, 6) is -0.349. The summed E-state index contributed by atoms with van der Waals surface area (Å²) in [7, 11) is 0. The molecule has 3 aromatic rings. The lowest BCUT2D eigenvalue weighted by molar-refractivity contribution is -0.116. The van der Waals surface area contributed by atoms with Gasteiger partial charge in [0, 0.05) is 24.1 Å². The maximum atomic E-state index is 12.2. The Morgan fingerprint density at radius 2 is 1.82 bits per heavy atom. The molecule has 2 amide bonds. The Labute approximate surface area is 168 Å². The van der Waals surface area contributed by atoms with Crippen molar-refractivity contribution in [2.24, 2.45) is 0 Å². The third-order valence-corrected chi connectivity index (χ3v) is 5.14. The molecule has 0 bridgehead atoms. The summed E-state index contributed by atoms with van der Waals surface area (Å²) in [6.45, 7) is 5.48. The van der Waals surface area contributed by atoms with E-state index < -0.39 is 0 Å². The Morgan fingerprint density at radius 3 is 2.54 bits per heavy atom. The Bertz CT molecular complexity index is 1030. The molecule has 0 unspecified atom stereocenters. The minimum atomic E-state index is -0.227. The van der Waals surface area contributed by atoms with Gasteiger partial charge in [0.1, 0.15) is 0 Å². The largest absolute Gasteiger partial charge is 0.322 e. The monoisotopic (exact) mass is 391 g/mol. The van der Waals surface area contributed by atoms with Crippen molar-refractivity contribution in [3.8, 4) is 0 Å². The maximum Gasteiger partial charge on any atom is 0.248 e. The van der Waals surface area contributed by atoms with Crippen molar-refractivity contribution in [3.63, 3.8) is 0 Å². The summed E-state index contributed by atoms with van der Waals surface area (Å²) < 4.78 is 0. The molecule has 2 aromatic carbocycles. The van der Waals surface area contributed by atoms with Crippen molar-refractivity contribution in [1.82, 2.24) is 4.98 Å². The number of benzene rings is 2. The molecule has 0 saturated carbocycles. The zero-order chi connectivity index (χ0) is 20.1. The maximum absolute atomic E-state index is 12.2. The van der Waals surface area contributed by atoms with Gasteiger partial charge in [-0.25, -0.2) is 4.98 Å². The zero-order valence-electron chi connectivity index (χ0n) is 16.0. The highest BCUT2D eigenvalue weighted by Crippen LogP contribution is 2.29. The van der Waals surface area contributed by atoms with Gasteiger partial charge in [-0.1, -0.05) is 30.3 Å². The van der Waals surface area contributed by atoms with Crippen LogP contribution in [0.5, 0.6) is 0 Å². The molecule has 28 heavy (non-hydrogen) atoms. The minimum Gasteiger partial charge on any atom is -0.322 e. The van der Waals surface area contributed by atoms with Crippen molar-refractivity contribution in [3.05, 3.63) is 76.8 Å². The lowest BCUT2D eigenvalue weighted by Gasteiger charge is -2.17. The van der Waals surface area contributed by atoms with E-state index in [-0.39, 0.29) is 11.8 Å². The molecule has 1 aromatic heterocycles. The van der Waals surface area contributed by atoms with E-state index in [1.165, 1.54) is 24.3 Å². The molecule has 6 heteroatoms. The molecule has 1 heterocycles. The first-order valence-electron chi connectivity index (χ1n) is 8.82. The van der Waals surface area contributed by atoms with E-state index in [0.717, 1.165) is 22.5 Å². The Kier molecular flexibility index (Phi) is 6.01. The highest BCUT2D eigenvalue weighted by atomic mass is 32.1. The molecule has 0 aliphatic heterocycles. The molecule has 0 atom stereocenters. The molecule has 0 saturated heterocycles. The number of nitrogens with one attached hydrogen (secondary N) is 1. The van der Waals surface area contributed by atoms with Crippen LogP contribution < -0.4 is 10.2 Å². The Morgan fingerprint density at radius 1 is 1.07 bits per heavy atom. The normalized spacial score (nSPS) is 10.8. The van der Waals surface area contributed by atoms with Crippen LogP contribution in [0.25, 0.3) is 6.08 Å². The van der Waals surface area contributed by atoms with Crippen molar-refractivity contribution in [2.45, 2.75) is 20.8 Å². The fourth-order valence-electron chi connectivity index (χ4n) is 2.68. The predicted molar refractivity (Wildman–Crippen MR) is 115 cm³/mol. The van der Waals surface area contributed by atoms with Crippen LogP contribution >= 0.6 is 11.3 Å². The summed E-state index contributed by atoms with van der Waals surface area (Å²) in [6.07, 6.45) is 3.09. The van der Waals surface area contributed by atoms with Crippen LogP contribution in [0.15, 0.2) is 60.0 Å². The number of para-hydroxylation sites is 1. The number of nitrogens with zero attached hydrogens (tertiary/aromatic N) is 2. The summed E-state index contributed by atoms with van der Waals surface area (Å²) in [4.78, 5) is 30.4. The highest BCUT2D eigenvalue weighted by molar-refractivity contribution is 7.14. The van der Waals surface area contributed by atoms with Gasteiger partial charge in [-0.15, -0.1) is 11.3 Å². The molecular weight excluding hydrogens is 370 g/mol. The fraction of sp³-hybridized carbons (Fsp3) is 0.136. The van der Waals surface area contributed by atoms with Gasteiger partial charge in [0.15, 0.2) is 5.13 Å². The van der Waals surface area contributed by atoms with Gasteiger partial charge in [0.25, 0.3) is 0 Å². The Balaban J connectivity index is 1.74. The number of anilines is 3. The van der Waals surface area contributed by atoms with Gasteiger partial charge in [-0.2, -0.15) is 0 Å². The molecule has 0 fully saturated rings. The molecule has 142 valence electrons. The SMILES string of the molecule is CC(=O)N(c1ccccc1)c1nc(/C=C/C(=O)Nc2cccc(C)c2C)cs1. The molecule has 0 aliphatic carbocycles. The van der Waals surface area contributed by atoms with E-state index in [1.54, 1.807) is 11.0 Å². The smallest absolute Gasteiger partial charge is 0.248 e. The third kappa shape index (κ3) is 4.53. The van der Waals surface area contributed by atoms with Crippen molar-refractivity contribution in [1.29, 1.82) is 0 Å². The van der Waals surface area contributed by atoms with E-state index in [4.69, 9.17) is 0 Å². The second-order valence-electron chi connectivity index (χ2n) is 6.31. The summed E-state index contributed by atoms with van der Waals surface area (Å²) >= 11 is 1.35. The van der Waals surface area contributed by atoms with Crippen LogP contribution in [0.2, 0.25) is 0 Å². The van der Waals surface area contributed by atoms with Crippen molar-refractivity contribution >= 4 is 45.7 Å². The molecule has 0 radical (unpaired) electrons. The molecule has 0 aliphatic rings. The minimum absolute atomic E-state index is 0.122. The third-order valence-electron chi connectivity index (χ3n) is 4.30. The molecule has 0 spiro atoms. The number of hydrogen-bond donors (Lipinski definition) is 1. The summed E-state index contributed by atoms with van der Waals surface area (Å²) in [5, 5.41) is 5.26. The van der Waals surface area contributed by atoms with Gasteiger partial charge >= 0.3 is 0 Å². The molecule has 5 nitrogen and oxygen atoms in total. The number of rotatable bonds is 5. The van der Waals surface area contributed by atoms with Crippen LogP contribution in [0.1, 0.15) is 23.7 Å². The van der Waals surface area contributed by atoms with E-state index in [2.05, 4.69) is 10.3 Å². The predicted octanol–water partition coefficient (Wildman–Crippen LogP) is 5.10. The van der Waals surface area contributed by atoms with Crippen molar-refractivity contribution < 1.29 is 9.59 Å². The highest BCUT2D eigenvalue weighted by Gasteiger charge is 2.17. The number of aryl methyl sites for hydroxylation is 1. The standard InChI is InChI=1S/C22H21N3O2S/c1-15-8-7-11-20(16(15)2)24-21(27)13-12-18-14-28-22(23-18)25(17(3)26)19-9-5-4-6-10-19/h4-14H,1-3H3,(H,24,27)/b13-12+. The van der Waals surface area contributed by atoms with Gasteiger partial charge in [0.05, 0.1) is 11.4 Å². The number of carbonyl (C=O) groups excluding carboxylic acids is 2. The summed E-state index contributed by atoms with van der Waals surface area (Å²) in [5.41, 5.74) is 4.34. The van der Waals surface area contributed by atoms with Crippen LogP contribution in [-0.2, 0) is 9.59 Å². The second kappa shape index (κ2) is 8.63. The van der Waals surface area contributed by atoms with Crippen LogP contribution in [0.3, 0.4) is 0 Å². The fourth-order valence-corrected chi connectivity index (χ4v) is 3.54. The first-order valence-corrected chi connectivity index (χ1v) is 9.70. The van der Waals surface area contributed by atoms with E-state index in [0.29, 0.717) is 10.8 Å². The topological polar surface area (TPSA) is 62.3 Å². The van der Waals surface area contributed by atoms with E-state index in [9.17, 15) is 9.59 Å². The average molecular weight is 391 g/mol. The van der Waals surface area contributed by atoms with Gasteiger partial charge in [-0.3, -0.25) is 14.5 Å². The van der Waals surface area contributed by atoms with Crippen LogP contribution in [-0.4, -0.2) is 16.8 Å². The zero-order valence-corrected chi connectivity index (χ0v) is 16.8. The van der Waals surface area contributed by atoms with E-state index in [1.807, 2.05) is 67.8 Å². The quantitative estimate of drug-likeness (QED) is 0.616. The van der Waals surface area contributed by atoms with Gasteiger partial charge in [-0.05, 0) is 49.2 Å². The lowest BCUT2D eigenvalue weighted by atomic mass is 10.1. The average Bonchev–Trinajstić information content (AvgIpc) is 3.13. The first kappa shape index (κ1) is 19.5. The molecule has 3 rings (SSSR count). The van der Waals surface area contributed by atoms with Crippen molar-refractivity contribution in [2.75, 3.05) is 10.2 Å². The van der Waals surface area contributed by atoms with Crippen LogP contribution in [0, 0.1) is 13.8 Å². The van der Waals surface area contributed by atoms with Gasteiger partial charge < -0.3 is 5.32 Å². The second-order valence-corrected chi connectivity index (χ2v) is 7.15. The molecular formula is C22H21N3O2S. The Hall–Kier alpha value is -3.25. The summed E-state index contributed by atoms with van der Waals surface area (Å²) in [6, 6.07) is 15.1. The number of hydrogen-bond acceptors (Lipinski definition) is 4. The number of amides is 2. The van der Waals surface area contributed by atoms with Gasteiger partial charge in [0.2, 0.25) is 11.8 Å². The molecule has 1 N–H and O–H groups in total. The lowest BCUT2D eigenvalue weighted by Crippen LogP contribution is -2.22. The number of aromatic nitrogens is 1.